The number of nitrogens with one attached hydrogen (secondary N) is 2. The highest BCUT2D eigenvalue weighted by Crippen LogP contribution is 2.32. The highest BCUT2D eigenvalue weighted by molar-refractivity contribution is 14.0. The first kappa shape index (κ1) is 21.4. The normalized spacial score (nSPS) is 17.2. The average molecular weight is 487 g/mol. The second-order valence-corrected chi connectivity index (χ2v) is 6.36. The molecule has 27 heavy (non-hydrogen) atoms. The maximum atomic E-state index is 13.9. The fourth-order valence-electron chi connectivity index (χ4n) is 3.18. The third-order valence-electron chi connectivity index (χ3n) is 4.60. The first-order chi connectivity index (χ1) is 12.6. The Balaban J connectivity index is 0.00000261. The number of para-hydroxylation sites is 1. The number of hydrogen-bond donors (Lipinski definition) is 2. The number of fused-ring (bicyclic) bond motifs is 1. The molecule has 0 aromatic heterocycles. The first-order valence-electron chi connectivity index (χ1n) is 8.72. The van der Waals surface area contributed by atoms with Gasteiger partial charge >= 0.3 is 0 Å². The second-order valence-electron chi connectivity index (χ2n) is 6.36. The van der Waals surface area contributed by atoms with Crippen molar-refractivity contribution in [3.63, 3.8) is 0 Å². The van der Waals surface area contributed by atoms with Crippen molar-refractivity contribution in [2.45, 2.75) is 25.3 Å². The van der Waals surface area contributed by atoms with Crippen molar-refractivity contribution in [2.75, 3.05) is 20.2 Å². The fourth-order valence-corrected chi connectivity index (χ4v) is 3.18. The van der Waals surface area contributed by atoms with Gasteiger partial charge in [0.05, 0.1) is 12.6 Å². The summed E-state index contributed by atoms with van der Waals surface area (Å²) in [5.74, 6) is 0.662. The molecule has 0 fully saturated rings. The highest BCUT2D eigenvalue weighted by atomic mass is 127. The van der Waals surface area contributed by atoms with Crippen molar-refractivity contribution in [2.24, 2.45) is 4.99 Å². The molecule has 0 saturated heterocycles. The fraction of sp³-hybridized carbons (Fsp3) is 0.350. The summed E-state index contributed by atoms with van der Waals surface area (Å²) in [6.07, 6.45) is 0.920. The minimum absolute atomic E-state index is 0. The van der Waals surface area contributed by atoms with Gasteiger partial charge in [0.25, 0.3) is 0 Å². The number of rotatable bonds is 4. The maximum Gasteiger partial charge on any atom is 0.191 e. The van der Waals surface area contributed by atoms with Crippen LogP contribution in [0.2, 0.25) is 0 Å². The minimum atomic E-state index is -0.584. The van der Waals surface area contributed by atoms with E-state index in [4.69, 9.17) is 4.74 Å². The van der Waals surface area contributed by atoms with Crippen molar-refractivity contribution in [1.82, 2.24) is 10.6 Å². The van der Waals surface area contributed by atoms with Crippen LogP contribution in [0.25, 0.3) is 0 Å². The Morgan fingerprint density at radius 1 is 1.26 bits per heavy atom. The Bertz CT molecular complexity index is 801. The minimum Gasteiger partial charge on any atom is -0.493 e. The van der Waals surface area contributed by atoms with Crippen molar-refractivity contribution in [3.05, 3.63) is 65.2 Å². The van der Waals surface area contributed by atoms with Crippen LogP contribution in [0.15, 0.2) is 47.5 Å². The Hall–Kier alpha value is -1.90. The van der Waals surface area contributed by atoms with Crippen LogP contribution in [0, 0.1) is 11.6 Å². The van der Waals surface area contributed by atoms with E-state index in [0.29, 0.717) is 30.6 Å². The molecule has 4 nitrogen and oxygen atoms in total. The van der Waals surface area contributed by atoms with Crippen molar-refractivity contribution in [1.29, 1.82) is 0 Å². The third-order valence-corrected chi connectivity index (χ3v) is 4.60. The Morgan fingerprint density at radius 3 is 2.78 bits per heavy atom. The van der Waals surface area contributed by atoms with Gasteiger partial charge in [-0.25, -0.2) is 8.78 Å². The van der Waals surface area contributed by atoms with Gasteiger partial charge in [0.15, 0.2) is 5.96 Å². The van der Waals surface area contributed by atoms with E-state index in [1.807, 2.05) is 25.1 Å². The zero-order valence-corrected chi connectivity index (χ0v) is 17.7. The van der Waals surface area contributed by atoms with Crippen LogP contribution < -0.4 is 15.4 Å². The molecule has 3 rings (SSSR count). The molecule has 2 unspecified atom stereocenters. The van der Waals surface area contributed by atoms with E-state index in [-0.39, 0.29) is 30.0 Å². The third kappa shape index (κ3) is 5.31. The lowest BCUT2D eigenvalue weighted by molar-refractivity contribution is 0.267. The number of ether oxygens (including phenoxy) is 1. The Kier molecular flexibility index (Phi) is 7.82. The summed E-state index contributed by atoms with van der Waals surface area (Å²) < 4.78 is 32.7. The van der Waals surface area contributed by atoms with E-state index < -0.39 is 11.6 Å². The van der Waals surface area contributed by atoms with Gasteiger partial charge in [-0.05, 0) is 31.0 Å². The lowest BCUT2D eigenvalue weighted by Crippen LogP contribution is -2.41. The molecule has 0 aliphatic carbocycles. The summed E-state index contributed by atoms with van der Waals surface area (Å²) in [4.78, 5) is 4.21. The molecule has 1 heterocycles. The summed E-state index contributed by atoms with van der Waals surface area (Å²) in [5, 5.41) is 6.45. The molecule has 2 atom stereocenters. The molecule has 1 aliphatic rings. The smallest absolute Gasteiger partial charge is 0.191 e. The molecule has 0 amide bonds. The lowest BCUT2D eigenvalue weighted by atomic mass is 9.93. The number of halogens is 3. The Labute approximate surface area is 175 Å². The molecule has 2 aromatic rings. The average Bonchev–Trinajstić information content (AvgIpc) is 2.64. The predicted octanol–water partition coefficient (Wildman–Crippen LogP) is 4.38. The molecule has 146 valence electrons. The zero-order chi connectivity index (χ0) is 18.5. The summed E-state index contributed by atoms with van der Waals surface area (Å²) in [5.41, 5.74) is 1.57. The molecule has 0 radical (unpaired) electrons. The highest BCUT2D eigenvalue weighted by Gasteiger charge is 2.21. The number of hydrogen-bond acceptors (Lipinski definition) is 2. The van der Waals surface area contributed by atoms with Crippen LogP contribution in [0.3, 0.4) is 0 Å². The molecular weight excluding hydrogens is 463 g/mol. The van der Waals surface area contributed by atoms with Crippen molar-refractivity contribution < 1.29 is 13.5 Å². The number of aliphatic imine (C=N–C) groups is 1. The SMILES string of the molecule is CN=C(NCC1CCOc2ccccc21)NC(C)c1ccc(F)cc1F.I. The van der Waals surface area contributed by atoms with Gasteiger partial charge in [-0.3, -0.25) is 4.99 Å². The van der Waals surface area contributed by atoms with Gasteiger partial charge in [-0.15, -0.1) is 24.0 Å². The van der Waals surface area contributed by atoms with E-state index >= 15 is 0 Å². The van der Waals surface area contributed by atoms with Gasteiger partial charge in [0, 0.05) is 31.1 Å². The number of benzene rings is 2. The summed E-state index contributed by atoms with van der Waals surface area (Å²) in [6.45, 7) is 3.19. The van der Waals surface area contributed by atoms with Gasteiger partial charge < -0.3 is 15.4 Å². The standard InChI is InChI=1S/C20H23F2N3O.HI/c1-13(16-8-7-15(21)11-18(16)22)25-20(23-2)24-12-14-9-10-26-19-6-4-3-5-17(14)19;/h3-8,11,13-14H,9-10,12H2,1-2H3,(H2,23,24,25);1H. The van der Waals surface area contributed by atoms with Gasteiger partial charge in [-0.1, -0.05) is 24.3 Å². The molecule has 1 aliphatic heterocycles. The monoisotopic (exact) mass is 487 g/mol. The van der Waals surface area contributed by atoms with Gasteiger partial charge in [0.2, 0.25) is 0 Å². The van der Waals surface area contributed by atoms with Crippen LogP contribution >= 0.6 is 24.0 Å². The van der Waals surface area contributed by atoms with Crippen LogP contribution in [0.1, 0.15) is 36.4 Å². The molecular formula is C20H24F2IN3O. The quantitative estimate of drug-likeness (QED) is 0.383. The molecule has 0 bridgehead atoms. The maximum absolute atomic E-state index is 13.9. The van der Waals surface area contributed by atoms with E-state index in [1.165, 1.54) is 17.7 Å². The summed E-state index contributed by atoms with van der Waals surface area (Å²) in [7, 11) is 1.67. The van der Waals surface area contributed by atoms with Crippen LogP contribution in [-0.4, -0.2) is 26.2 Å². The molecule has 0 spiro atoms. The molecule has 0 saturated carbocycles. The second kappa shape index (κ2) is 9.87. The molecule has 2 aromatic carbocycles. The van der Waals surface area contributed by atoms with Crippen molar-refractivity contribution >= 4 is 29.9 Å². The van der Waals surface area contributed by atoms with Crippen molar-refractivity contribution in [3.8, 4) is 5.75 Å². The molecule has 2 N–H and O–H groups in total. The molecule has 7 heteroatoms. The lowest BCUT2D eigenvalue weighted by Gasteiger charge is -2.27. The van der Waals surface area contributed by atoms with Gasteiger partial charge in [0.1, 0.15) is 17.4 Å². The van der Waals surface area contributed by atoms with Crippen LogP contribution in [0.5, 0.6) is 5.75 Å². The van der Waals surface area contributed by atoms with E-state index in [0.717, 1.165) is 18.2 Å². The first-order valence-corrected chi connectivity index (χ1v) is 8.72. The topological polar surface area (TPSA) is 45.7 Å². The van der Waals surface area contributed by atoms with E-state index in [2.05, 4.69) is 21.7 Å². The number of nitrogens with zero attached hydrogens (tertiary/aromatic N) is 1. The summed E-state index contributed by atoms with van der Waals surface area (Å²) >= 11 is 0. The Morgan fingerprint density at radius 2 is 2.04 bits per heavy atom. The van der Waals surface area contributed by atoms with Crippen LogP contribution in [-0.2, 0) is 0 Å². The van der Waals surface area contributed by atoms with Crippen LogP contribution in [0.4, 0.5) is 8.78 Å². The van der Waals surface area contributed by atoms with E-state index in [1.54, 1.807) is 7.05 Å². The summed E-state index contributed by atoms with van der Waals surface area (Å²) in [6, 6.07) is 11.3. The van der Waals surface area contributed by atoms with E-state index in [9.17, 15) is 8.78 Å². The van der Waals surface area contributed by atoms with Gasteiger partial charge in [-0.2, -0.15) is 0 Å². The predicted molar refractivity (Wildman–Crippen MR) is 114 cm³/mol. The number of guanidine groups is 1. The zero-order valence-electron chi connectivity index (χ0n) is 15.3. The largest absolute Gasteiger partial charge is 0.493 e.